The smallest absolute Gasteiger partial charge is 0.410 e. The van der Waals surface area contributed by atoms with E-state index in [0.717, 1.165) is 4.90 Å². The highest BCUT2D eigenvalue weighted by Crippen LogP contribution is 2.07. The van der Waals surface area contributed by atoms with E-state index >= 15 is 0 Å². The number of carboxylic acids is 1. The standard InChI is InChI=1S/C10H17NO4/c1-4-6-8(9(12)13)11(3)10(14)15-7-5-2/h5,8H,2,4,6-7H2,1,3H3,(H,12,13)/t8-/m0/s1. The van der Waals surface area contributed by atoms with Crippen LogP contribution in [0.15, 0.2) is 12.7 Å². The molecule has 0 spiro atoms. The number of aliphatic carboxylic acids is 1. The Bertz CT molecular complexity index is 240. The molecule has 0 aromatic rings. The number of carbonyl (C=O) groups excluding carboxylic acids is 1. The summed E-state index contributed by atoms with van der Waals surface area (Å²) in [6.07, 6.45) is 1.89. The minimum Gasteiger partial charge on any atom is -0.480 e. The van der Waals surface area contributed by atoms with Gasteiger partial charge in [0.15, 0.2) is 0 Å². The van der Waals surface area contributed by atoms with Gasteiger partial charge in [-0.2, -0.15) is 0 Å². The molecule has 1 atom stereocenters. The van der Waals surface area contributed by atoms with Crippen molar-refractivity contribution in [2.75, 3.05) is 13.7 Å². The third-order valence-corrected chi connectivity index (χ3v) is 1.93. The first-order chi connectivity index (χ1) is 7.04. The number of rotatable bonds is 6. The van der Waals surface area contributed by atoms with Crippen LogP contribution in [-0.2, 0) is 9.53 Å². The fraction of sp³-hybridized carbons (Fsp3) is 0.600. The topological polar surface area (TPSA) is 66.8 Å². The fourth-order valence-electron chi connectivity index (χ4n) is 1.12. The number of carbonyl (C=O) groups is 2. The van der Waals surface area contributed by atoms with Gasteiger partial charge in [0, 0.05) is 7.05 Å². The Morgan fingerprint density at radius 1 is 1.60 bits per heavy atom. The number of amides is 1. The van der Waals surface area contributed by atoms with E-state index in [1.54, 1.807) is 0 Å². The average Bonchev–Trinajstić information content (AvgIpc) is 2.21. The molecule has 0 aliphatic carbocycles. The maximum atomic E-state index is 11.3. The molecule has 0 aliphatic heterocycles. The van der Waals surface area contributed by atoms with E-state index in [-0.39, 0.29) is 6.61 Å². The zero-order valence-corrected chi connectivity index (χ0v) is 9.10. The van der Waals surface area contributed by atoms with Crippen molar-refractivity contribution in [3.8, 4) is 0 Å². The van der Waals surface area contributed by atoms with Gasteiger partial charge in [-0.25, -0.2) is 9.59 Å². The predicted molar refractivity (Wildman–Crippen MR) is 55.6 cm³/mol. The number of likely N-dealkylation sites (N-methyl/N-ethyl adjacent to an activating group) is 1. The molecule has 0 heterocycles. The summed E-state index contributed by atoms with van der Waals surface area (Å²) in [5.41, 5.74) is 0. The van der Waals surface area contributed by atoms with Crippen molar-refractivity contribution in [3.05, 3.63) is 12.7 Å². The molecule has 5 nitrogen and oxygen atoms in total. The average molecular weight is 215 g/mol. The van der Waals surface area contributed by atoms with Crippen LogP contribution in [0, 0.1) is 0 Å². The van der Waals surface area contributed by atoms with Crippen molar-refractivity contribution in [2.24, 2.45) is 0 Å². The molecule has 0 saturated carbocycles. The lowest BCUT2D eigenvalue weighted by Gasteiger charge is -2.23. The zero-order chi connectivity index (χ0) is 11.8. The molecule has 0 bridgehead atoms. The molecule has 1 amide bonds. The van der Waals surface area contributed by atoms with Crippen molar-refractivity contribution in [1.29, 1.82) is 0 Å². The van der Waals surface area contributed by atoms with E-state index in [9.17, 15) is 9.59 Å². The second-order valence-corrected chi connectivity index (χ2v) is 3.12. The SMILES string of the molecule is C=CCOC(=O)N(C)[C@@H](CCC)C(=O)O. The van der Waals surface area contributed by atoms with Crippen LogP contribution in [-0.4, -0.2) is 41.8 Å². The number of ether oxygens (including phenoxy) is 1. The molecule has 0 aliphatic rings. The minimum absolute atomic E-state index is 0.0850. The molecule has 0 fully saturated rings. The maximum absolute atomic E-state index is 11.3. The monoisotopic (exact) mass is 215 g/mol. The third-order valence-electron chi connectivity index (χ3n) is 1.93. The Balaban J connectivity index is 4.34. The van der Waals surface area contributed by atoms with Crippen molar-refractivity contribution in [3.63, 3.8) is 0 Å². The van der Waals surface area contributed by atoms with Crippen LogP contribution in [0.25, 0.3) is 0 Å². The second-order valence-electron chi connectivity index (χ2n) is 3.12. The largest absolute Gasteiger partial charge is 0.480 e. The van der Waals surface area contributed by atoms with Gasteiger partial charge < -0.3 is 9.84 Å². The van der Waals surface area contributed by atoms with Crippen LogP contribution in [0.4, 0.5) is 4.79 Å². The van der Waals surface area contributed by atoms with Crippen LogP contribution in [0.2, 0.25) is 0 Å². The van der Waals surface area contributed by atoms with Crippen molar-refractivity contribution >= 4 is 12.1 Å². The van der Waals surface area contributed by atoms with Crippen LogP contribution in [0.5, 0.6) is 0 Å². The number of nitrogens with zero attached hydrogens (tertiary/aromatic N) is 1. The Hall–Kier alpha value is -1.52. The van der Waals surface area contributed by atoms with E-state index in [2.05, 4.69) is 6.58 Å². The molecular weight excluding hydrogens is 198 g/mol. The fourth-order valence-corrected chi connectivity index (χ4v) is 1.12. The molecule has 0 saturated heterocycles. The number of hydrogen-bond acceptors (Lipinski definition) is 3. The molecule has 15 heavy (non-hydrogen) atoms. The first-order valence-electron chi connectivity index (χ1n) is 4.77. The van der Waals surface area contributed by atoms with Gasteiger partial charge in [0.25, 0.3) is 0 Å². The van der Waals surface area contributed by atoms with Crippen LogP contribution < -0.4 is 0 Å². The van der Waals surface area contributed by atoms with Crippen LogP contribution in [0.3, 0.4) is 0 Å². The Kier molecular flexibility index (Phi) is 6.17. The van der Waals surface area contributed by atoms with Gasteiger partial charge in [0.05, 0.1) is 0 Å². The summed E-state index contributed by atoms with van der Waals surface area (Å²) in [7, 11) is 1.42. The first-order valence-corrected chi connectivity index (χ1v) is 4.77. The van der Waals surface area contributed by atoms with Crippen LogP contribution in [0.1, 0.15) is 19.8 Å². The molecule has 0 aromatic carbocycles. The lowest BCUT2D eigenvalue weighted by atomic mass is 10.1. The highest BCUT2D eigenvalue weighted by Gasteiger charge is 2.26. The van der Waals surface area contributed by atoms with Crippen LogP contribution >= 0.6 is 0 Å². The van der Waals surface area contributed by atoms with Gasteiger partial charge in [-0.1, -0.05) is 26.0 Å². The summed E-state index contributed by atoms with van der Waals surface area (Å²) in [6.45, 7) is 5.34. The summed E-state index contributed by atoms with van der Waals surface area (Å²) in [6, 6.07) is -0.827. The minimum atomic E-state index is -1.02. The van der Waals surface area contributed by atoms with E-state index in [1.807, 2.05) is 6.92 Å². The molecule has 86 valence electrons. The molecular formula is C10H17NO4. The summed E-state index contributed by atoms with van der Waals surface area (Å²) in [5, 5.41) is 8.88. The predicted octanol–water partition coefficient (Wildman–Crippen LogP) is 1.49. The number of carboxylic acid groups (broad SMARTS) is 1. The van der Waals surface area contributed by atoms with Crippen molar-refractivity contribution in [2.45, 2.75) is 25.8 Å². The molecule has 0 rings (SSSR count). The van der Waals surface area contributed by atoms with E-state index in [1.165, 1.54) is 13.1 Å². The third kappa shape index (κ3) is 4.49. The number of hydrogen-bond donors (Lipinski definition) is 1. The first kappa shape index (κ1) is 13.5. The van der Waals surface area contributed by atoms with Crippen molar-refractivity contribution in [1.82, 2.24) is 4.90 Å². The van der Waals surface area contributed by atoms with E-state index < -0.39 is 18.1 Å². The Morgan fingerprint density at radius 3 is 2.60 bits per heavy atom. The Morgan fingerprint density at radius 2 is 2.20 bits per heavy atom. The van der Waals surface area contributed by atoms with Crippen molar-refractivity contribution < 1.29 is 19.4 Å². The van der Waals surface area contributed by atoms with Gasteiger partial charge in [0.2, 0.25) is 0 Å². The van der Waals surface area contributed by atoms with Gasteiger partial charge in [-0.3, -0.25) is 4.90 Å². The second kappa shape index (κ2) is 6.86. The van der Waals surface area contributed by atoms with Gasteiger partial charge in [-0.05, 0) is 6.42 Å². The summed E-state index contributed by atoms with van der Waals surface area (Å²) in [4.78, 5) is 23.2. The quantitative estimate of drug-likeness (QED) is 0.682. The molecule has 0 radical (unpaired) electrons. The highest BCUT2D eigenvalue weighted by atomic mass is 16.6. The van der Waals surface area contributed by atoms with Gasteiger partial charge in [0.1, 0.15) is 12.6 Å². The Labute approximate surface area is 89.3 Å². The molecule has 5 heteroatoms. The normalized spacial score (nSPS) is 11.6. The highest BCUT2D eigenvalue weighted by molar-refractivity contribution is 5.79. The molecule has 1 N–H and O–H groups in total. The molecule has 0 aromatic heterocycles. The summed E-state index contributed by atoms with van der Waals surface area (Å²) < 4.78 is 4.74. The summed E-state index contributed by atoms with van der Waals surface area (Å²) >= 11 is 0. The van der Waals surface area contributed by atoms with E-state index in [4.69, 9.17) is 9.84 Å². The van der Waals surface area contributed by atoms with Gasteiger partial charge >= 0.3 is 12.1 Å². The summed E-state index contributed by atoms with van der Waals surface area (Å²) in [5.74, 6) is -1.02. The van der Waals surface area contributed by atoms with Gasteiger partial charge in [-0.15, -0.1) is 0 Å². The maximum Gasteiger partial charge on any atom is 0.410 e. The molecule has 0 unspecified atom stereocenters. The zero-order valence-electron chi connectivity index (χ0n) is 9.10. The lowest BCUT2D eigenvalue weighted by Crippen LogP contribution is -2.42. The lowest BCUT2D eigenvalue weighted by molar-refractivity contribution is -0.142. The van der Waals surface area contributed by atoms with E-state index in [0.29, 0.717) is 12.8 Å².